The molecule has 0 amide bonds. The van der Waals surface area contributed by atoms with Gasteiger partial charge in [0.05, 0.1) is 33.9 Å². The van der Waals surface area contributed by atoms with Gasteiger partial charge in [-0.2, -0.15) is 0 Å². The summed E-state index contributed by atoms with van der Waals surface area (Å²) >= 11 is 0. The van der Waals surface area contributed by atoms with Crippen molar-refractivity contribution in [2.75, 3.05) is 40.4 Å². The van der Waals surface area contributed by atoms with Crippen LogP contribution in [-0.4, -0.2) is 62.1 Å². The summed E-state index contributed by atoms with van der Waals surface area (Å²) in [5.41, 5.74) is -0.00636. The van der Waals surface area contributed by atoms with Gasteiger partial charge in [0.15, 0.2) is 6.10 Å². The molecule has 1 unspecified atom stereocenters. The van der Waals surface area contributed by atoms with Gasteiger partial charge in [0.1, 0.15) is 6.54 Å². The van der Waals surface area contributed by atoms with Crippen molar-refractivity contribution < 1.29 is 23.9 Å². The van der Waals surface area contributed by atoms with E-state index in [1.807, 2.05) is 60.7 Å². The molecule has 0 bridgehead atoms. The second-order valence-corrected chi connectivity index (χ2v) is 7.64. The summed E-state index contributed by atoms with van der Waals surface area (Å²) in [5.74, 6) is -0.430. The molecule has 1 N–H and O–H groups in total. The average molecular weight is 370 g/mol. The Morgan fingerprint density at radius 1 is 1.07 bits per heavy atom. The number of likely N-dealkylation sites (N-methyl/N-ethyl adjacent to an activating group) is 1. The molecule has 5 heteroatoms. The Bertz CT molecular complexity index is 706. The molecule has 5 nitrogen and oxygen atoms in total. The molecule has 1 fully saturated rings. The van der Waals surface area contributed by atoms with Crippen LogP contribution in [-0.2, 0) is 19.9 Å². The monoisotopic (exact) mass is 370 g/mol. The first-order valence-corrected chi connectivity index (χ1v) is 9.37. The molecular formula is C22H28NO4+. The first-order valence-electron chi connectivity index (χ1n) is 9.37. The Hall–Kier alpha value is -2.21. The molecule has 1 saturated heterocycles. The number of carbonyl (C=O) groups is 1. The third-order valence-corrected chi connectivity index (χ3v) is 5.09. The van der Waals surface area contributed by atoms with Crippen molar-refractivity contribution in [2.24, 2.45) is 0 Å². The molecule has 0 radical (unpaired) electrons. The average Bonchev–Trinajstić information content (AvgIpc) is 3.02. The maximum atomic E-state index is 13.5. The standard InChI is InChI=1S/C22H28NO4/c1-23(2)14-13-20(17-23)27-21(25)22(26-16-15-24,18-9-5-3-6-10-18)19-11-7-4-8-12-19/h3-12,20,24H,13-17H2,1-2H3/q+1. The van der Waals surface area contributed by atoms with E-state index in [0.717, 1.165) is 24.0 Å². The Kier molecular flexibility index (Phi) is 5.95. The van der Waals surface area contributed by atoms with Crippen LogP contribution >= 0.6 is 0 Å². The lowest BCUT2D eigenvalue weighted by Crippen LogP contribution is -2.45. The van der Waals surface area contributed by atoms with Gasteiger partial charge in [0.25, 0.3) is 0 Å². The Morgan fingerprint density at radius 3 is 2.07 bits per heavy atom. The topological polar surface area (TPSA) is 55.8 Å². The van der Waals surface area contributed by atoms with E-state index in [2.05, 4.69) is 14.1 Å². The van der Waals surface area contributed by atoms with E-state index in [9.17, 15) is 9.90 Å². The number of rotatable bonds is 7. The Labute approximate surface area is 160 Å². The molecule has 1 aliphatic heterocycles. The van der Waals surface area contributed by atoms with E-state index in [-0.39, 0.29) is 19.3 Å². The number of esters is 1. The van der Waals surface area contributed by atoms with E-state index >= 15 is 0 Å². The van der Waals surface area contributed by atoms with Crippen LogP contribution in [0, 0.1) is 0 Å². The fraction of sp³-hybridized carbons (Fsp3) is 0.409. The van der Waals surface area contributed by atoms with Crippen molar-refractivity contribution in [3.63, 3.8) is 0 Å². The zero-order chi connectivity index (χ0) is 19.3. The van der Waals surface area contributed by atoms with Gasteiger partial charge >= 0.3 is 5.97 Å². The number of benzene rings is 2. The molecule has 2 aromatic rings. The van der Waals surface area contributed by atoms with Crippen molar-refractivity contribution in [3.8, 4) is 0 Å². The molecule has 0 aromatic heterocycles. The van der Waals surface area contributed by atoms with Gasteiger partial charge in [0, 0.05) is 6.42 Å². The quantitative estimate of drug-likeness (QED) is 0.600. The normalized spacial score (nSPS) is 19.0. The highest BCUT2D eigenvalue weighted by molar-refractivity contribution is 5.86. The van der Waals surface area contributed by atoms with E-state index in [1.54, 1.807) is 0 Å². The number of hydrogen-bond acceptors (Lipinski definition) is 4. The van der Waals surface area contributed by atoms with E-state index in [0.29, 0.717) is 11.1 Å². The highest BCUT2D eigenvalue weighted by Gasteiger charge is 2.47. The van der Waals surface area contributed by atoms with Crippen LogP contribution < -0.4 is 0 Å². The van der Waals surface area contributed by atoms with Crippen molar-refractivity contribution in [2.45, 2.75) is 18.1 Å². The smallest absolute Gasteiger partial charge is 0.348 e. The lowest BCUT2D eigenvalue weighted by molar-refractivity contribution is -0.879. The van der Waals surface area contributed by atoms with Gasteiger partial charge in [-0.3, -0.25) is 0 Å². The summed E-state index contributed by atoms with van der Waals surface area (Å²) in [5, 5.41) is 9.38. The highest BCUT2D eigenvalue weighted by atomic mass is 16.6. The van der Waals surface area contributed by atoms with Crippen molar-refractivity contribution in [1.29, 1.82) is 0 Å². The molecule has 0 spiro atoms. The van der Waals surface area contributed by atoms with Crippen LogP contribution in [0.2, 0.25) is 0 Å². The zero-order valence-corrected chi connectivity index (χ0v) is 16.0. The number of carbonyl (C=O) groups excluding carboxylic acids is 1. The summed E-state index contributed by atoms with van der Waals surface area (Å²) in [4.78, 5) is 13.5. The maximum Gasteiger partial charge on any atom is 0.348 e. The lowest BCUT2D eigenvalue weighted by atomic mass is 9.86. The third kappa shape index (κ3) is 4.21. The van der Waals surface area contributed by atoms with Gasteiger partial charge in [-0.05, 0) is 11.1 Å². The molecule has 2 aromatic carbocycles. The van der Waals surface area contributed by atoms with Crippen LogP contribution in [0.15, 0.2) is 60.7 Å². The number of ether oxygens (including phenoxy) is 2. The van der Waals surface area contributed by atoms with E-state index < -0.39 is 11.6 Å². The van der Waals surface area contributed by atoms with Gasteiger partial charge in [-0.25, -0.2) is 4.79 Å². The first-order chi connectivity index (χ1) is 13.0. The number of aliphatic hydroxyl groups excluding tert-OH is 1. The van der Waals surface area contributed by atoms with Gasteiger partial charge in [-0.15, -0.1) is 0 Å². The minimum absolute atomic E-state index is 0.0328. The van der Waals surface area contributed by atoms with Crippen LogP contribution in [0.5, 0.6) is 0 Å². The van der Waals surface area contributed by atoms with E-state index in [4.69, 9.17) is 9.47 Å². The molecule has 1 atom stereocenters. The summed E-state index contributed by atoms with van der Waals surface area (Å²) in [7, 11) is 4.27. The SMILES string of the molecule is C[N+]1(C)CCC(OC(=O)C(OCCO)(c2ccccc2)c2ccccc2)C1. The van der Waals surface area contributed by atoms with Crippen molar-refractivity contribution in [1.82, 2.24) is 0 Å². The fourth-order valence-electron chi connectivity index (χ4n) is 3.73. The predicted octanol–water partition coefficient (Wildman–Crippen LogP) is 2.33. The van der Waals surface area contributed by atoms with Gasteiger partial charge < -0.3 is 19.1 Å². The van der Waals surface area contributed by atoms with Crippen LogP contribution in [0.3, 0.4) is 0 Å². The molecule has 144 valence electrons. The number of quaternary nitrogens is 1. The first kappa shape index (κ1) is 19.5. The number of hydrogen-bond donors (Lipinski definition) is 1. The summed E-state index contributed by atoms with van der Waals surface area (Å²) < 4.78 is 12.8. The highest BCUT2D eigenvalue weighted by Crippen LogP contribution is 2.36. The van der Waals surface area contributed by atoms with E-state index in [1.165, 1.54) is 0 Å². The molecule has 0 aliphatic carbocycles. The molecule has 0 saturated carbocycles. The molecule has 1 heterocycles. The zero-order valence-electron chi connectivity index (χ0n) is 16.0. The van der Waals surface area contributed by atoms with Crippen molar-refractivity contribution in [3.05, 3.63) is 71.8 Å². The predicted molar refractivity (Wildman–Crippen MR) is 103 cm³/mol. The summed E-state index contributed by atoms with van der Waals surface area (Å²) in [6.45, 7) is 1.61. The summed E-state index contributed by atoms with van der Waals surface area (Å²) in [6, 6.07) is 18.7. The Morgan fingerprint density at radius 2 is 1.63 bits per heavy atom. The fourth-order valence-corrected chi connectivity index (χ4v) is 3.73. The number of aliphatic hydroxyl groups is 1. The molecular weight excluding hydrogens is 342 g/mol. The minimum Gasteiger partial charge on any atom is -0.453 e. The number of nitrogens with zero attached hydrogens (tertiary/aromatic N) is 1. The molecule has 3 rings (SSSR count). The molecule has 1 aliphatic rings. The van der Waals surface area contributed by atoms with Crippen LogP contribution in [0.4, 0.5) is 0 Å². The van der Waals surface area contributed by atoms with Gasteiger partial charge in [0.2, 0.25) is 5.60 Å². The maximum absolute atomic E-state index is 13.5. The summed E-state index contributed by atoms with van der Waals surface area (Å²) in [6.07, 6.45) is 0.690. The second-order valence-electron chi connectivity index (χ2n) is 7.64. The van der Waals surface area contributed by atoms with Crippen LogP contribution in [0.25, 0.3) is 0 Å². The lowest BCUT2D eigenvalue weighted by Gasteiger charge is -2.33. The van der Waals surface area contributed by atoms with Crippen molar-refractivity contribution >= 4 is 5.97 Å². The second kappa shape index (κ2) is 8.21. The Balaban J connectivity index is 2.01. The minimum atomic E-state index is -1.40. The third-order valence-electron chi connectivity index (χ3n) is 5.09. The van der Waals surface area contributed by atoms with Gasteiger partial charge in [-0.1, -0.05) is 60.7 Å². The molecule has 27 heavy (non-hydrogen) atoms. The largest absolute Gasteiger partial charge is 0.453 e. The van der Waals surface area contributed by atoms with Crippen LogP contribution in [0.1, 0.15) is 17.5 Å². The number of likely N-dealkylation sites (tertiary alicyclic amines) is 1.